The van der Waals surface area contributed by atoms with Crippen LogP contribution in [0, 0.1) is 5.92 Å². The topological polar surface area (TPSA) is 39.7 Å². The molecular formula is C17H31NO3. The zero-order valence-corrected chi connectivity index (χ0v) is 13.7. The third-order valence-electron chi connectivity index (χ3n) is 5.83. The standard InChI is InChI=1S/C17H31NO3/c1-3-20-17(7-4-5-8-17)15(18-2)14-6-10-21-16(12-14)9-11-19-13-16/h14-15,18H,3-13H2,1-2H3. The Morgan fingerprint density at radius 2 is 2.05 bits per heavy atom. The lowest BCUT2D eigenvalue weighted by Gasteiger charge is -2.46. The normalized spacial score (nSPS) is 37.1. The van der Waals surface area contributed by atoms with Crippen LogP contribution in [0.25, 0.3) is 0 Å². The Morgan fingerprint density at radius 3 is 2.67 bits per heavy atom. The van der Waals surface area contributed by atoms with Gasteiger partial charge in [0, 0.05) is 32.3 Å². The molecule has 3 aliphatic rings. The quantitative estimate of drug-likeness (QED) is 0.846. The van der Waals surface area contributed by atoms with Crippen LogP contribution in [0.2, 0.25) is 0 Å². The van der Waals surface area contributed by atoms with Gasteiger partial charge in [-0.05, 0) is 45.6 Å². The summed E-state index contributed by atoms with van der Waals surface area (Å²) in [4.78, 5) is 0. The van der Waals surface area contributed by atoms with Crippen molar-refractivity contribution in [2.45, 2.75) is 69.1 Å². The minimum Gasteiger partial charge on any atom is -0.378 e. The Balaban J connectivity index is 1.75. The van der Waals surface area contributed by atoms with E-state index >= 15 is 0 Å². The van der Waals surface area contributed by atoms with Gasteiger partial charge in [0.25, 0.3) is 0 Å². The lowest BCUT2D eigenvalue weighted by molar-refractivity contribution is -0.131. The van der Waals surface area contributed by atoms with E-state index in [1.165, 1.54) is 25.7 Å². The summed E-state index contributed by atoms with van der Waals surface area (Å²) < 4.78 is 18.0. The summed E-state index contributed by atoms with van der Waals surface area (Å²) in [6.45, 7) is 5.45. The first-order valence-electron chi connectivity index (χ1n) is 8.77. The van der Waals surface area contributed by atoms with Gasteiger partial charge in [-0.15, -0.1) is 0 Å². The van der Waals surface area contributed by atoms with Crippen molar-refractivity contribution in [1.29, 1.82) is 0 Å². The predicted octanol–water partition coefficient (Wildman–Crippen LogP) is 2.51. The van der Waals surface area contributed by atoms with Crippen LogP contribution in [-0.2, 0) is 14.2 Å². The molecule has 0 amide bonds. The summed E-state index contributed by atoms with van der Waals surface area (Å²) >= 11 is 0. The van der Waals surface area contributed by atoms with Crippen LogP contribution in [0.5, 0.6) is 0 Å². The number of nitrogens with one attached hydrogen (secondary N) is 1. The molecule has 1 spiro atoms. The second kappa shape index (κ2) is 6.53. The van der Waals surface area contributed by atoms with E-state index in [1.54, 1.807) is 0 Å². The van der Waals surface area contributed by atoms with E-state index in [1.807, 2.05) is 0 Å². The lowest BCUT2D eigenvalue weighted by atomic mass is 9.74. The minimum absolute atomic E-state index is 0.00990. The van der Waals surface area contributed by atoms with Gasteiger partial charge in [0.15, 0.2) is 0 Å². The fourth-order valence-electron chi connectivity index (χ4n) is 4.95. The molecule has 1 N–H and O–H groups in total. The summed E-state index contributed by atoms with van der Waals surface area (Å²) in [6.07, 6.45) is 8.32. The molecular weight excluding hydrogens is 266 g/mol. The van der Waals surface area contributed by atoms with Gasteiger partial charge in [0.05, 0.1) is 17.8 Å². The first-order valence-corrected chi connectivity index (χ1v) is 8.77. The van der Waals surface area contributed by atoms with Gasteiger partial charge in [-0.25, -0.2) is 0 Å². The van der Waals surface area contributed by atoms with Gasteiger partial charge < -0.3 is 19.5 Å². The molecule has 0 bridgehead atoms. The molecule has 3 rings (SSSR count). The molecule has 4 heteroatoms. The van der Waals surface area contributed by atoms with Crippen molar-refractivity contribution in [2.24, 2.45) is 5.92 Å². The molecule has 21 heavy (non-hydrogen) atoms. The molecule has 2 heterocycles. The Morgan fingerprint density at radius 1 is 1.24 bits per heavy atom. The molecule has 0 aromatic carbocycles. The average Bonchev–Trinajstić information content (AvgIpc) is 3.11. The van der Waals surface area contributed by atoms with E-state index in [-0.39, 0.29) is 11.2 Å². The number of hydrogen-bond donors (Lipinski definition) is 1. The summed E-state index contributed by atoms with van der Waals surface area (Å²) in [5.74, 6) is 0.634. The largest absolute Gasteiger partial charge is 0.378 e. The molecule has 3 unspecified atom stereocenters. The minimum atomic E-state index is -0.00990. The highest BCUT2D eigenvalue weighted by atomic mass is 16.6. The van der Waals surface area contributed by atoms with E-state index in [0.29, 0.717) is 12.0 Å². The smallest absolute Gasteiger partial charge is 0.0939 e. The molecule has 4 nitrogen and oxygen atoms in total. The molecule has 2 aliphatic heterocycles. The van der Waals surface area contributed by atoms with E-state index in [9.17, 15) is 0 Å². The zero-order valence-electron chi connectivity index (χ0n) is 13.7. The van der Waals surface area contributed by atoms with Gasteiger partial charge in [0.1, 0.15) is 0 Å². The first kappa shape index (κ1) is 15.7. The van der Waals surface area contributed by atoms with Crippen molar-refractivity contribution in [3.05, 3.63) is 0 Å². The highest BCUT2D eigenvalue weighted by Crippen LogP contribution is 2.44. The first-order chi connectivity index (χ1) is 10.2. The van der Waals surface area contributed by atoms with Crippen molar-refractivity contribution in [1.82, 2.24) is 5.32 Å². The van der Waals surface area contributed by atoms with E-state index < -0.39 is 0 Å². The number of likely N-dealkylation sites (N-methyl/N-ethyl adjacent to an activating group) is 1. The number of hydrogen-bond acceptors (Lipinski definition) is 4. The van der Waals surface area contributed by atoms with Crippen molar-refractivity contribution in [2.75, 3.05) is 33.5 Å². The molecule has 0 radical (unpaired) electrons. The summed E-state index contributed by atoms with van der Waals surface area (Å²) in [7, 11) is 2.11. The predicted molar refractivity (Wildman–Crippen MR) is 82.5 cm³/mol. The highest BCUT2D eigenvalue weighted by molar-refractivity contribution is 5.03. The van der Waals surface area contributed by atoms with Crippen LogP contribution in [0.4, 0.5) is 0 Å². The van der Waals surface area contributed by atoms with Crippen LogP contribution in [-0.4, -0.2) is 50.7 Å². The number of rotatable bonds is 5. The van der Waals surface area contributed by atoms with Crippen LogP contribution < -0.4 is 5.32 Å². The fourth-order valence-corrected chi connectivity index (χ4v) is 4.95. The molecule has 3 fully saturated rings. The molecule has 1 saturated carbocycles. The second-order valence-corrected chi connectivity index (χ2v) is 7.06. The Hall–Kier alpha value is -0.160. The second-order valence-electron chi connectivity index (χ2n) is 7.06. The molecule has 0 aromatic heterocycles. The van der Waals surface area contributed by atoms with Crippen LogP contribution in [0.1, 0.15) is 51.9 Å². The van der Waals surface area contributed by atoms with E-state index in [4.69, 9.17) is 14.2 Å². The van der Waals surface area contributed by atoms with Crippen molar-refractivity contribution < 1.29 is 14.2 Å². The van der Waals surface area contributed by atoms with Crippen LogP contribution in [0.15, 0.2) is 0 Å². The number of ether oxygens (including phenoxy) is 3. The van der Waals surface area contributed by atoms with Gasteiger partial charge in [-0.2, -0.15) is 0 Å². The van der Waals surface area contributed by atoms with E-state index in [2.05, 4.69) is 19.3 Å². The monoisotopic (exact) mass is 297 g/mol. The third kappa shape index (κ3) is 3.00. The summed E-state index contributed by atoms with van der Waals surface area (Å²) in [5, 5.41) is 3.62. The Labute approximate surface area is 128 Å². The molecule has 122 valence electrons. The fraction of sp³-hybridized carbons (Fsp3) is 1.00. The van der Waals surface area contributed by atoms with Crippen LogP contribution >= 0.6 is 0 Å². The maximum atomic E-state index is 6.31. The Bertz CT molecular complexity index is 335. The highest BCUT2D eigenvalue weighted by Gasteiger charge is 2.49. The maximum Gasteiger partial charge on any atom is 0.0939 e. The lowest BCUT2D eigenvalue weighted by Crippen LogP contribution is -2.57. The van der Waals surface area contributed by atoms with Crippen molar-refractivity contribution in [3.8, 4) is 0 Å². The van der Waals surface area contributed by atoms with Gasteiger partial charge >= 0.3 is 0 Å². The maximum absolute atomic E-state index is 6.31. The summed E-state index contributed by atoms with van der Waals surface area (Å²) in [6, 6.07) is 0.446. The van der Waals surface area contributed by atoms with Crippen molar-refractivity contribution in [3.63, 3.8) is 0 Å². The SMILES string of the molecule is CCOC1(C(NC)C2CCOC3(CCOC3)C2)CCCC1. The van der Waals surface area contributed by atoms with Gasteiger partial charge in [-0.1, -0.05) is 12.8 Å². The van der Waals surface area contributed by atoms with Crippen molar-refractivity contribution >= 4 is 0 Å². The molecule has 1 aliphatic carbocycles. The Kier molecular flexibility index (Phi) is 4.89. The summed E-state index contributed by atoms with van der Waals surface area (Å²) in [5.41, 5.74) is 0.0379. The average molecular weight is 297 g/mol. The molecule has 2 saturated heterocycles. The molecule has 3 atom stereocenters. The van der Waals surface area contributed by atoms with E-state index in [0.717, 1.165) is 45.7 Å². The zero-order chi connectivity index (χ0) is 14.8. The van der Waals surface area contributed by atoms with Gasteiger partial charge in [-0.3, -0.25) is 0 Å². The molecule has 0 aromatic rings. The van der Waals surface area contributed by atoms with Gasteiger partial charge in [0.2, 0.25) is 0 Å². The van der Waals surface area contributed by atoms with Crippen LogP contribution in [0.3, 0.4) is 0 Å². The third-order valence-corrected chi connectivity index (χ3v) is 5.83.